The molecule has 1 saturated heterocycles. The van der Waals surface area contributed by atoms with E-state index in [1.54, 1.807) is 36.5 Å². The molecule has 1 fully saturated rings. The number of amides is 3. The number of hydrogen-bond donors (Lipinski definition) is 4. The van der Waals surface area contributed by atoms with Crippen LogP contribution in [-0.2, 0) is 21.4 Å². The molecule has 2 unspecified atom stereocenters. The van der Waals surface area contributed by atoms with Crippen molar-refractivity contribution in [2.24, 2.45) is 0 Å². The van der Waals surface area contributed by atoms with Crippen molar-refractivity contribution in [2.75, 3.05) is 28.2 Å². The molecule has 11 nitrogen and oxygen atoms in total. The van der Waals surface area contributed by atoms with Crippen molar-refractivity contribution in [3.8, 4) is 11.6 Å². The first-order valence-corrected chi connectivity index (χ1v) is 17.0. The predicted molar refractivity (Wildman–Crippen MR) is 187 cm³/mol. The minimum atomic E-state index is -3.37. The number of carbonyl (C=O) groups excluding carboxylic acids is 2. The van der Waals surface area contributed by atoms with Crippen molar-refractivity contribution in [1.29, 1.82) is 0 Å². The second-order valence-corrected chi connectivity index (χ2v) is 13.3. The van der Waals surface area contributed by atoms with Crippen molar-refractivity contribution < 1.29 is 27.1 Å². The lowest BCUT2D eigenvalue weighted by Crippen LogP contribution is -2.47. The number of pyridine rings is 1. The average Bonchev–Trinajstić information content (AvgIpc) is 3.00. The number of hydrogen-bond acceptors (Lipinski definition) is 7. The van der Waals surface area contributed by atoms with Gasteiger partial charge in [-0.1, -0.05) is 35.9 Å². The first-order valence-electron chi connectivity index (χ1n) is 15.1. The number of piperidine rings is 1. The highest BCUT2D eigenvalue weighted by molar-refractivity contribution is 7.92. The van der Waals surface area contributed by atoms with E-state index in [-0.39, 0.29) is 30.2 Å². The number of urea groups is 1. The minimum absolute atomic E-state index is 0. The third-order valence-corrected chi connectivity index (χ3v) is 8.18. The van der Waals surface area contributed by atoms with Crippen molar-refractivity contribution in [3.05, 3.63) is 108 Å². The van der Waals surface area contributed by atoms with Crippen LogP contribution >= 0.6 is 12.4 Å². The summed E-state index contributed by atoms with van der Waals surface area (Å²) in [6, 6.07) is 22.2. The van der Waals surface area contributed by atoms with Gasteiger partial charge in [0.2, 0.25) is 21.8 Å². The number of nitrogens with one attached hydrogen (secondary N) is 4. The molecular formula is C34H38ClFN6O5S. The van der Waals surface area contributed by atoms with Gasteiger partial charge in [-0.3, -0.25) is 14.4 Å². The third kappa shape index (κ3) is 10.4. The number of ether oxygens (including phenoxy) is 1. The molecule has 2 atom stereocenters. The molecule has 14 heteroatoms. The van der Waals surface area contributed by atoms with Gasteiger partial charge in [-0.25, -0.2) is 22.6 Å². The molecule has 3 aromatic carbocycles. The van der Waals surface area contributed by atoms with Gasteiger partial charge in [0, 0.05) is 55.7 Å². The van der Waals surface area contributed by atoms with Gasteiger partial charge in [0.25, 0.3) is 0 Å². The molecule has 2 heterocycles. The molecule has 0 aliphatic carbocycles. The van der Waals surface area contributed by atoms with Crippen molar-refractivity contribution in [1.82, 2.24) is 15.2 Å². The monoisotopic (exact) mass is 696 g/mol. The van der Waals surface area contributed by atoms with Gasteiger partial charge in [0.15, 0.2) is 0 Å². The number of rotatable bonds is 10. The van der Waals surface area contributed by atoms with Gasteiger partial charge in [-0.15, -0.1) is 12.4 Å². The summed E-state index contributed by atoms with van der Waals surface area (Å²) in [5.74, 6) is -0.0665. The van der Waals surface area contributed by atoms with Crippen molar-refractivity contribution in [2.45, 2.75) is 45.3 Å². The highest BCUT2D eigenvalue weighted by Crippen LogP contribution is 2.33. The molecule has 0 saturated carbocycles. The number of aromatic nitrogens is 1. The molecule has 0 radical (unpaired) electrons. The van der Waals surface area contributed by atoms with Crippen LogP contribution in [0.25, 0.3) is 0 Å². The number of sulfonamides is 1. The summed E-state index contributed by atoms with van der Waals surface area (Å²) in [5, 5.41) is 8.24. The Labute approximate surface area is 285 Å². The molecule has 1 aromatic heterocycles. The van der Waals surface area contributed by atoms with Crippen LogP contribution in [0.1, 0.15) is 42.5 Å². The number of likely N-dealkylation sites (tertiary alicyclic amines) is 1. The topological polar surface area (TPSA) is 142 Å². The van der Waals surface area contributed by atoms with Crippen molar-refractivity contribution in [3.63, 3.8) is 0 Å². The number of aryl methyl sites for hydroxylation is 1. The lowest BCUT2D eigenvalue weighted by molar-refractivity contribution is -0.114. The average molecular weight is 697 g/mol. The molecule has 0 spiro atoms. The zero-order valence-electron chi connectivity index (χ0n) is 26.7. The van der Waals surface area contributed by atoms with Crippen LogP contribution in [-0.4, -0.2) is 49.1 Å². The van der Waals surface area contributed by atoms with Gasteiger partial charge in [-0.2, -0.15) is 0 Å². The molecule has 0 bridgehead atoms. The minimum Gasteiger partial charge on any atom is -0.439 e. The van der Waals surface area contributed by atoms with Gasteiger partial charge in [0.05, 0.1) is 11.9 Å². The van der Waals surface area contributed by atoms with Crippen LogP contribution in [0.15, 0.2) is 85.1 Å². The molecule has 1 aliphatic rings. The standard InChI is InChI=1S/C34H37FN6O5S.ClH/c1-22-5-4-6-25(17-22)32-19-28(39-34(43)38-27-10-13-30(35)31(18-27)37-23(2)42)15-16-41(32)21-24-7-14-33(36-20-24)46-29-11-8-26(9-12-29)40-47(3,44)45;/h4-14,17-18,20,28,32,40H,15-16,19,21H2,1-3H3,(H,37,42)(H2,38,39,43);1H. The van der Waals surface area contributed by atoms with Gasteiger partial charge >= 0.3 is 6.03 Å². The maximum atomic E-state index is 14.1. The molecule has 4 aromatic rings. The quantitative estimate of drug-likeness (QED) is 0.146. The van der Waals surface area contributed by atoms with E-state index >= 15 is 0 Å². The van der Waals surface area contributed by atoms with E-state index in [1.165, 1.54) is 25.1 Å². The van der Waals surface area contributed by atoms with E-state index in [0.29, 0.717) is 36.0 Å². The highest BCUT2D eigenvalue weighted by Gasteiger charge is 2.31. The summed E-state index contributed by atoms with van der Waals surface area (Å²) in [6.45, 7) is 4.70. The third-order valence-electron chi connectivity index (χ3n) is 7.57. The Hall–Kier alpha value is -4.72. The summed E-state index contributed by atoms with van der Waals surface area (Å²) in [4.78, 5) is 31.2. The lowest BCUT2D eigenvalue weighted by atomic mass is 9.90. The first kappa shape index (κ1) is 36.1. The molecule has 3 amide bonds. The largest absolute Gasteiger partial charge is 0.439 e. The summed E-state index contributed by atoms with van der Waals surface area (Å²) < 4.78 is 45.2. The Morgan fingerprint density at radius 3 is 2.42 bits per heavy atom. The van der Waals surface area contributed by atoms with E-state index in [2.05, 4.69) is 55.7 Å². The van der Waals surface area contributed by atoms with Gasteiger partial charge in [-0.05, 0) is 73.4 Å². The summed E-state index contributed by atoms with van der Waals surface area (Å²) in [7, 11) is -3.37. The number of carbonyl (C=O) groups is 2. The highest BCUT2D eigenvalue weighted by atomic mass is 35.5. The zero-order chi connectivity index (χ0) is 33.6. The first-order chi connectivity index (χ1) is 22.4. The molecule has 254 valence electrons. The Morgan fingerprint density at radius 2 is 1.75 bits per heavy atom. The van der Waals surface area contributed by atoms with E-state index < -0.39 is 27.8 Å². The van der Waals surface area contributed by atoms with Crippen LogP contribution in [0.3, 0.4) is 0 Å². The zero-order valence-corrected chi connectivity index (χ0v) is 28.3. The molecular weight excluding hydrogens is 659 g/mol. The SMILES string of the molecule is CC(=O)Nc1cc(NC(=O)NC2CCN(Cc3ccc(Oc4ccc(NS(C)(=O)=O)cc4)nc3)C(c3cccc(C)c3)C2)ccc1F.Cl. The maximum Gasteiger partial charge on any atom is 0.319 e. The maximum absolute atomic E-state index is 14.1. The normalized spacial score (nSPS) is 16.2. The second-order valence-electron chi connectivity index (χ2n) is 11.6. The fraction of sp³-hybridized carbons (Fsp3) is 0.265. The molecule has 48 heavy (non-hydrogen) atoms. The van der Waals surface area contributed by atoms with Crippen LogP contribution in [0.4, 0.5) is 26.2 Å². The van der Waals surface area contributed by atoms with E-state index in [4.69, 9.17) is 4.74 Å². The fourth-order valence-corrected chi connectivity index (χ4v) is 6.09. The number of halogens is 2. The molecule has 5 rings (SSSR count). The van der Waals surface area contributed by atoms with Crippen LogP contribution in [0.5, 0.6) is 11.6 Å². The van der Waals surface area contributed by atoms with Crippen molar-refractivity contribution >= 4 is 51.4 Å². The van der Waals surface area contributed by atoms with E-state index in [1.807, 2.05) is 12.1 Å². The van der Waals surface area contributed by atoms with E-state index in [9.17, 15) is 22.4 Å². The van der Waals surface area contributed by atoms with Crippen LogP contribution in [0.2, 0.25) is 0 Å². The summed E-state index contributed by atoms with van der Waals surface area (Å²) in [6.07, 6.45) is 4.26. The molecule has 1 aliphatic heterocycles. The Kier molecular flexibility index (Phi) is 12.0. The number of anilines is 3. The smallest absolute Gasteiger partial charge is 0.319 e. The van der Waals surface area contributed by atoms with Gasteiger partial charge < -0.3 is 20.7 Å². The van der Waals surface area contributed by atoms with E-state index in [0.717, 1.165) is 35.9 Å². The van der Waals surface area contributed by atoms with Gasteiger partial charge in [0.1, 0.15) is 11.6 Å². The lowest BCUT2D eigenvalue weighted by Gasteiger charge is -2.40. The summed E-state index contributed by atoms with van der Waals surface area (Å²) >= 11 is 0. The fourth-order valence-electron chi connectivity index (χ4n) is 5.52. The second kappa shape index (κ2) is 15.9. The number of benzene rings is 3. The van der Waals surface area contributed by atoms with Crippen LogP contribution < -0.4 is 25.4 Å². The van der Waals surface area contributed by atoms with Crippen LogP contribution in [0, 0.1) is 12.7 Å². The number of nitrogens with zero attached hydrogens (tertiary/aromatic N) is 2. The Bertz CT molecular complexity index is 1840. The summed E-state index contributed by atoms with van der Waals surface area (Å²) in [5.41, 5.74) is 4.09. The molecule has 4 N–H and O–H groups in total. The predicted octanol–water partition coefficient (Wildman–Crippen LogP) is 6.60. The Balaban J connectivity index is 0.00000520. The Morgan fingerprint density at radius 1 is 1.00 bits per heavy atom.